The highest BCUT2D eigenvalue weighted by molar-refractivity contribution is 6.35. The van der Waals surface area contributed by atoms with E-state index in [9.17, 15) is 4.79 Å². The average Bonchev–Trinajstić information content (AvgIpc) is 3.08. The van der Waals surface area contributed by atoms with Crippen molar-refractivity contribution in [3.63, 3.8) is 0 Å². The Balaban J connectivity index is 1.72. The Kier molecular flexibility index (Phi) is 4.55. The van der Waals surface area contributed by atoms with Gasteiger partial charge in [-0.05, 0) is 46.3 Å². The van der Waals surface area contributed by atoms with Crippen molar-refractivity contribution in [1.29, 1.82) is 0 Å². The van der Waals surface area contributed by atoms with Gasteiger partial charge in [0.2, 0.25) is 0 Å². The number of hydrogen-bond acceptors (Lipinski definition) is 4. The van der Waals surface area contributed by atoms with E-state index >= 15 is 0 Å². The molecule has 6 nitrogen and oxygen atoms in total. The van der Waals surface area contributed by atoms with Crippen LogP contribution in [-0.4, -0.2) is 26.1 Å². The highest BCUT2D eigenvalue weighted by Crippen LogP contribution is 2.20. The molecule has 3 aromatic rings. The van der Waals surface area contributed by atoms with Crippen LogP contribution in [0.25, 0.3) is 5.69 Å². The molecule has 1 amide bonds. The summed E-state index contributed by atoms with van der Waals surface area (Å²) >= 11 is 11.9. The summed E-state index contributed by atoms with van der Waals surface area (Å²) in [5, 5.41) is 14.8. The van der Waals surface area contributed by atoms with Gasteiger partial charge in [0.1, 0.15) is 6.33 Å². The number of carbonyl (C=O) groups is 1. The van der Waals surface area contributed by atoms with Crippen molar-refractivity contribution in [2.75, 3.05) is 0 Å². The quantitative estimate of drug-likeness (QED) is 0.787. The van der Waals surface area contributed by atoms with Crippen LogP contribution < -0.4 is 5.32 Å². The Morgan fingerprint density at radius 2 is 2.04 bits per heavy atom. The van der Waals surface area contributed by atoms with Crippen molar-refractivity contribution in [2.24, 2.45) is 0 Å². The van der Waals surface area contributed by atoms with Crippen molar-refractivity contribution in [3.8, 4) is 5.69 Å². The van der Waals surface area contributed by atoms with Crippen LogP contribution in [0.1, 0.15) is 15.9 Å². The molecule has 0 bridgehead atoms. The first-order valence-corrected chi connectivity index (χ1v) is 7.44. The Hall–Kier alpha value is -2.44. The fraction of sp³-hybridized carbons (Fsp3) is 0.0667. The van der Waals surface area contributed by atoms with Crippen molar-refractivity contribution < 1.29 is 4.79 Å². The fourth-order valence-electron chi connectivity index (χ4n) is 2.01. The standard InChI is InChI=1S/C15H11Cl2N5O/c16-12-5-4-11(14(17)7-12)8-18-15(23)10-2-1-3-13(6-10)22-9-19-20-21-22/h1-7,9H,8H2,(H,18,23). The van der Waals surface area contributed by atoms with Crippen LogP contribution in [0.4, 0.5) is 0 Å². The van der Waals surface area contributed by atoms with E-state index in [1.165, 1.54) is 11.0 Å². The van der Waals surface area contributed by atoms with E-state index in [1.807, 2.05) is 6.07 Å². The monoisotopic (exact) mass is 347 g/mol. The molecule has 0 atom stereocenters. The lowest BCUT2D eigenvalue weighted by Gasteiger charge is -2.08. The number of halogens is 2. The van der Waals surface area contributed by atoms with Crippen molar-refractivity contribution >= 4 is 29.1 Å². The number of aromatic nitrogens is 4. The summed E-state index contributed by atoms with van der Waals surface area (Å²) in [7, 11) is 0. The van der Waals surface area contributed by atoms with E-state index in [-0.39, 0.29) is 5.91 Å². The summed E-state index contributed by atoms with van der Waals surface area (Å²) in [6.45, 7) is 0.309. The first-order valence-electron chi connectivity index (χ1n) is 6.69. The van der Waals surface area contributed by atoms with E-state index < -0.39 is 0 Å². The summed E-state index contributed by atoms with van der Waals surface area (Å²) < 4.78 is 1.48. The molecule has 2 aromatic carbocycles. The topological polar surface area (TPSA) is 72.7 Å². The predicted molar refractivity (Wildman–Crippen MR) is 86.8 cm³/mol. The highest BCUT2D eigenvalue weighted by Gasteiger charge is 2.09. The Labute approximate surface area is 142 Å². The van der Waals surface area contributed by atoms with Crippen LogP contribution in [0.2, 0.25) is 10.0 Å². The maximum atomic E-state index is 12.3. The molecule has 116 valence electrons. The molecular weight excluding hydrogens is 337 g/mol. The van der Waals surface area contributed by atoms with Gasteiger partial charge in [0.25, 0.3) is 5.91 Å². The molecule has 0 fully saturated rings. The minimum absolute atomic E-state index is 0.217. The van der Waals surface area contributed by atoms with Gasteiger partial charge in [-0.15, -0.1) is 5.10 Å². The third-order valence-electron chi connectivity index (χ3n) is 3.18. The number of amides is 1. The largest absolute Gasteiger partial charge is 0.348 e. The van der Waals surface area contributed by atoms with Crippen LogP contribution in [0.3, 0.4) is 0 Å². The molecule has 0 saturated carbocycles. The molecule has 0 unspecified atom stereocenters. The van der Waals surface area contributed by atoms with Gasteiger partial charge in [-0.2, -0.15) is 0 Å². The van der Waals surface area contributed by atoms with Crippen molar-refractivity contribution in [1.82, 2.24) is 25.5 Å². The molecule has 0 radical (unpaired) electrons. The molecule has 0 aliphatic heterocycles. The molecule has 0 aliphatic carbocycles. The van der Waals surface area contributed by atoms with Crippen LogP contribution >= 0.6 is 23.2 Å². The second-order valence-corrected chi connectivity index (χ2v) is 5.57. The normalized spacial score (nSPS) is 10.5. The fourth-order valence-corrected chi connectivity index (χ4v) is 2.49. The number of nitrogens with one attached hydrogen (secondary N) is 1. The molecule has 1 aromatic heterocycles. The average molecular weight is 348 g/mol. The lowest BCUT2D eigenvalue weighted by atomic mass is 10.1. The third-order valence-corrected chi connectivity index (χ3v) is 3.76. The Bertz CT molecular complexity index is 836. The molecule has 23 heavy (non-hydrogen) atoms. The predicted octanol–water partition coefficient (Wildman–Crippen LogP) is 2.90. The van der Waals surface area contributed by atoms with Gasteiger partial charge in [0, 0.05) is 22.2 Å². The van der Waals surface area contributed by atoms with Crippen LogP contribution in [0.5, 0.6) is 0 Å². The SMILES string of the molecule is O=C(NCc1ccc(Cl)cc1Cl)c1cccc(-n2cnnn2)c1. The van der Waals surface area contributed by atoms with E-state index in [4.69, 9.17) is 23.2 Å². The molecule has 0 spiro atoms. The number of carbonyl (C=O) groups excluding carboxylic acids is 1. The van der Waals surface area contributed by atoms with Crippen molar-refractivity contribution in [3.05, 3.63) is 70.0 Å². The van der Waals surface area contributed by atoms with E-state index in [0.29, 0.717) is 27.8 Å². The minimum Gasteiger partial charge on any atom is -0.348 e. The van der Waals surface area contributed by atoms with Gasteiger partial charge in [-0.3, -0.25) is 4.79 Å². The van der Waals surface area contributed by atoms with Gasteiger partial charge in [0.15, 0.2) is 0 Å². The summed E-state index contributed by atoms with van der Waals surface area (Å²) in [6.07, 6.45) is 1.46. The lowest BCUT2D eigenvalue weighted by Crippen LogP contribution is -2.23. The molecule has 0 saturated heterocycles. The summed E-state index contributed by atoms with van der Waals surface area (Å²) in [5.74, 6) is -0.217. The minimum atomic E-state index is -0.217. The zero-order valence-corrected chi connectivity index (χ0v) is 13.3. The van der Waals surface area contributed by atoms with E-state index in [1.54, 1.807) is 36.4 Å². The summed E-state index contributed by atoms with van der Waals surface area (Å²) in [5.41, 5.74) is 2.00. The Morgan fingerprint density at radius 1 is 1.17 bits per heavy atom. The van der Waals surface area contributed by atoms with Crippen molar-refractivity contribution in [2.45, 2.75) is 6.54 Å². The lowest BCUT2D eigenvalue weighted by molar-refractivity contribution is 0.0951. The number of benzene rings is 2. The third kappa shape index (κ3) is 3.67. The van der Waals surface area contributed by atoms with Crippen LogP contribution in [-0.2, 0) is 6.54 Å². The first kappa shape index (κ1) is 15.5. The number of hydrogen-bond donors (Lipinski definition) is 1. The zero-order valence-electron chi connectivity index (χ0n) is 11.8. The zero-order chi connectivity index (χ0) is 16.2. The van der Waals surface area contributed by atoms with E-state index in [2.05, 4.69) is 20.8 Å². The number of rotatable bonds is 4. The number of nitrogens with zero attached hydrogens (tertiary/aromatic N) is 4. The highest BCUT2D eigenvalue weighted by atomic mass is 35.5. The van der Waals surface area contributed by atoms with E-state index in [0.717, 1.165) is 5.56 Å². The van der Waals surface area contributed by atoms with Gasteiger partial charge < -0.3 is 5.32 Å². The molecule has 3 rings (SSSR count). The molecular formula is C15H11Cl2N5O. The van der Waals surface area contributed by atoms with Gasteiger partial charge >= 0.3 is 0 Å². The van der Waals surface area contributed by atoms with Crippen LogP contribution in [0, 0.1) is 0 Å². The van der Waals surface area contributed by atoms with Crippen LogP contribution in [0.15, 0.2) is 48.8 Å². The van der Waals surface area contributed by atoms with Gasteiger partial charge in [-0.1, -0.05) is 35.3 Å². The smallest absolute Gasteiger partial charge is 0.251 e. The Morgan fingerprint density at radius 3 is 2.78 bits per heavy atom. The molecule has 1 heterocycles. The maximum absolute atomic E-state index is 12.3. The molecule has 8 heteroatoms. The summed E-state index contributed by atoms with van der Waals surface area (Å²) in [4.78, 5) is 12.3. The second kappa shape index (κ2) is 6.76. The van der Waals surface area contributed by atoms with Gasteiger partial charge in [-0.25, -0.2) is 4.68 Å². The molecule has 0 aliphatic rings. The summed E-state index contributed by atoms with van der Waals surface area (Å²) in [6, 6.07) is 12.1. The maximum Gasteiger partial charge on any atom is 0.251 e. The number of tetrazole rings is 1. The molecule has 1 N–H and O–H groups in total. The first-order chi connectivity index (χ1) is 11.1. The second-order valence-electron chi connectivity index (χ2n) is 4.72. The van der Waals surface area contributed by atoms with Gasteiger partial charge in [0.05, 0.1) is 5.69 Å².